The molecule has 1 heterocycles. The molecule has 1 amide bonds. The predicted molar refractivity (Wildman–Crippen MR) is 56.5 cm³/mol. The van der Waals surface area contributed by atoms with Crippen molar-refractivity contribution in [3.05, 3.63) is 0 Å². The Morgan fingerprint density at radius 1 is 1.60 bits per heavy atom. The second kappa shape index (κ2) is 6.76. The van der Waals surface area contributed by atoms with Crippen LogP contribution in [0.15, 0.2) is 0 Å². The topological polar surface area (TPSA) is 73.6 Å². The van der Waals surface area contributed by atoms with Crippen molar-refractivity contribution in [3.63, 3.8) is 0 Å². The van der Waals surface area contributed by atoms with Crippen LogP contribution in [0, 0.1) is 0 Å². The lowest BCUT2D eigenvalue weighted by atomic mass is 10.1. The summed E-state index contributed by atoms with van der Waals surface area (Å²) in [4.78, 5) is 11.6. The Morgan fingerprint density at radius 2 is 2.40 bits per heavy atom. The molecule has 3 N–H and O–H groups in total. The van der Waals surface area contributed by atoms with Crippen molar-refractivity contribution in [2.75, 3.05) is 26.4 Å². The Bertz CT molecular complexity index is 193. The standard InChI is InChI=1S/C10H20N2O3/c1-8(3-2-4-11)12-10(13)9-7-14-5-6-15-9/h8-9H,2-7,11H2,1H3,(H,12,13). The monoisotopic (exact) mass is 216 g/mol. The Hall–Kier alpha value is -0.650. The molecule has 0 aromatic heterocycles. The molecule has 1 saturated heterocycles. The minimum absolute atomic E-state index is 0.0841. The van der Waals surface area contributed by atoms with E-state index in [0.29, 0.717) is 26.4 Å². The van der Waals surface area contributed by atoms with Crippen molar-refractivity contribution in [3.8, 4) is 0 Å². The summed E-state index contributed by atoms with van der Waals surface area (Å²) >= 11 is 0. The number of rotatable bonds is 5. The molecule has 1 rings (SSSR count). The predicted octanol–water partition coefficient (Wildman–Crippen LogP) is -0.355. The number of carbonyl (C=O) groups excluding carboxylic acids is 1. The maximum atomic E-state index is 11.6. The van der Waals surface area contributed by atoms with E-state index in [9.17, 15) is 4.79 Å². The largest absolute Gasteiger partial charge is 0.376 e. The molecule has 0 aromatic carbocycles. The summed E-state index contributed by atoms with van der Waals surface area (Å²) in [5.74, 6) is -0.0841. The van der Waals surface area contributed by atoms with Crippen LogP contribution >= 0.6 is 0 Å². The first-order valence-corrected chi connectivity index (χ1v) is 5.44. The minimum atomic E-state index is -0.445. The van der Waals surface area contributed by atoms with Crippen LogP contribution in [-0.4, -0.2) is 44.4 Å². The summed E-state index contributed by atoms with van der Waals surface area (Å²) in [6.07, 6.45) is 1.37. The van der Waals surface area contributed by atoms with E-state index in [-0.39, 0.29) is 11.9 Å². The van der Waals surface area contributed by atoms with Crippen LogP contribution < -0.4 is 11.1 Å². The first-order chi connectivity index (χ1) is 7.24. The molecule has 1 aliphatic rings. The molecule has 0 aliphatic carbocycles. The quantitative estimate of drug-likeness (QED) is 0.658. The zero-order valence-corrected chi connectivity index (χ0v) is 9.20. The van der Waals surface area contributed by atoms with Crippen LogP contribution in [0.25, 0.3) is 0 Å². The van der Waals surface area contributed by atoms with Gasteiger partial charge in [0.25, 0.3) is 5.91 Å². The van der Waals surface area contributed by atoms with Gasteiger partial charge < -0.3 is 20.5 Å². The first kappa shape index (κ1) is 12.4. The van der Waals surface area contributed by atoms with Crippen molar-refractivity contribution in [2.24, 2.45) is 5.73 Å². The average molecular weight is 216 g/mol. The van der Waals surface area contributed by atoms with E-state index >= 15 is 0 Å². The maximum absolute atomic E-state index is 11.6. The van der Waals surface area contributed by atoms with Gasteiger partial charge in [0.2, 0.25) is 0 Å². The molecule has 2 unspecified atom stereocenters. The van der Waals surface area contributed by atoms with Gasteiger partial charge in [-0.3, -0.25) is 4.79 Å². The molecule has 0 bridgehead atoms. The van der Waals surface area contributed by atoms with Crippen LogP contribution in [-0.2, 0) is 14.3 Å². The maximum Gasteiger partial charge on any atom is 0.251 e. The first-order valence-electron chi connectivity index (χ1n) is 5.44. The molecular weight excluding hydrogens is 196 g/mol. The van der Waals surface area contributed by atoms with Crippen LogP contribution in [0.1, 0.15) is 19.8 Å². The molecule has 0 aromatic rings. The summed E-state index contributed by atoms with van der Waals surface area (Å²) in [5, 5.41) is 2.88. The second-order valence-corrected chi connectivity index (χ2v) is 3.77. The smallest absolute Gasteiger partial charge is 0.251 e. The van der Waals surface area contributed by atoms with E-state index in [1.165, 1.54) is 0 Å². The van der Waals surface area contributed by atoms with Gasteiger partial charge in [-0.2, -0.15) is 0 Å². The van der Waals surface area contributed by atoms with Gasteiger partial charge in [-0.25, -0.2) is 0 Å². The van der Waals surface area contributed by atoms with E-state index in [0.717, 1.165) is 12.8 Å². The van der Waals surface area contributed by atoms with E-state index in [2.05, 4.69) is 5.32 Å². The lowest BCUT2D eigenvalue weighted by Crippen LogP contribution is -2.45. The molecular formula is C10H20N2O3. The van der Waals surface area contributed by atoms with Gasteiger partial charge in [-0.15, -0.1) is 0 Å². The number of amides is 1. The molecule has 1 aliphatic heterocycles. The molecule has 5 nitrogen and oxygen atoms in total. The molecule has 0 saturated carbocycles. The lowest BCUT2D eigenvalue weighted by Gasteiger charge is -2.24. The van der Waals surface area contributed by atoms with Gasteiger partial charge in [0.05, 0.1) is 19.8 Å². The van der Waals surface area contributed by atoms with Crippen molar-refractivity contribution in [1.29, 1.82) is 0 Å². The van der Waals surface area contributed by atoms with Crippen molar-refractivity contribution in [2.45, 2.75) is 31.9 Å². The van der Waals surface area contributed by atoms with E-state index in [1.54, 1.807) is 0 Å². The second-order valence-electron chi connectivity index (χ2n) is 3.77. The summed E-state index contributed by atoms with van der Waals surface area (Å²) in [6.45, 7) is 4.05. The molecule has 88 valence electrons. The third-order valence-corrected chi connectivity index (χ3v) is 2.34. The highest BCUT2D eigenvalue weighted by Gasteiger charge is 2.23. The fourth-order valence-corrected chi connectivity index (χ4v) is 1.47. The Morgan fingerprint density at radius 3 is 3.00 bits per heavy atom. The number of hydrogen-bond donors (Lipinski definition) is 2. The molecule has 2 atom stereocenters. The molecule has 15 heavy (non-hydrogen) atoms. The van der Waals surface area contributed by atoms with Crippen LogP contribution in [0.2, 0.25) is 0 Å². The van der Waals surface area contributed by atoms with Gasteiger partial charge >= 0.3 is 0 Å². The molecule has 1 fully saturated rings. The highest BCUT2D eigenvalue weighted by Crippen LogP contribution is 2.02. The fourth-order valence-electron chi connectivity index (χ4n) is 1.47. The third-order valence-electron chi connectivity index (χ3n) is 2.34. The van der Waals surface area contributed by atoms with Crippen LogP contribution in [0.4, 0.5) is 0 Å². The van der Waals surface area contributed by atoms with E-state index in [1.807, 2.05) is 6.92 Å². The number of hydrogen-bond acceptors (Lipinski definition) is 4. The molecule has 0 radical (unpaired) electrons. The zero-order chi connectivity index (χ0) is 11.1. The summed E-state index contributed by atoms with van der Waals surface area (Å²) < 4.78 is 10.4. The lowest BCUT2D eigenvalue weighted by molar-refractivity contribution is -0.148. The van der Waals surface area contributed by atoms with Gasteiger partial charge in [0.15, 0.2) is 6.10 Å². The van der Waals surface area contributed by atoms with E-state index in [4.69, 9.17) is 15.2 Å². The summed E-state index contributed by atoms with van der Waals surface area (Å²) in [5.41, 5.74) is 5.39. The van der Waals surface area contributed by atoms with Crippen LogP contribution in [0.5, 0.6) is 0 Å². The van der Waals surface area contributed by atoms with Gasteiger partial charge in [0, 0.05) is 6.04 Å². The number of nitrogens with two attached hydrogens (primary N) is 1. The summed E-state index contributed by atoms with van der Waals surface area (Å²) in [7, 11) is 0. The Labute approximate surface area is 90.3 Å². The minimum Gasteiger partial charge on any atom is -0.376 e. The number of carbonyl (C=O) groups is 1. The van der Waals surface area contributed by atoms with Crippen molar-refractivity contribution >= 4 is 5.91 Å². The van der Waals surface area contributed by atoms with Gasteiger partial charge in [-0.1, -0.05) is 0 Å². The summed E-state index contributed by atoms with van der Waals surface area (Å²) in [6, 6.07) is 0.145. The Balaban J connectivity index is 2.21. The third kappa shape index (κ3) is 4.59. The zero-order valence-electron chi connectivity index (χ0n) is 9.20. The van der Waals surface area contributed by atoms with Crippen LogP contribution in [0.3, 0.4) is 0 Å². The fraction of sp³-hybridized carbons (Fsp3) is 0.900. The highest BCUT2D eigenvalue weighted by molar-refractivity contribution is 5.81. The van der Waals surface area contributed by atoms with E-state index < -0.39 is 6.10 Å². The number of nitrogens with one attached hydrogen (secondary N) is 1. The SMILES string of the molecule is CC(CCCN)NC(=O)C1COCCO1. The molecule has 5 heteroatoms. The average Bonchev–Trinajstić information content (AvgIpc) is 2.27. The van der Waals surface area contributed by atoms with Gasteiger partial charge in [-0.05, 0) is 26.3 Å². The van der Waals surface area contributed by atoms with Gasteiger partial charge in [0.1, 0.15) is 0 Å². The van der Waals surface area contributed by atoms with Crippen molar-refractivity contribution in [1.82, 2.24) is 5.32 Å². The molecule has 0 spiro atoms. The Kier molecular flexibility index (Phi) is 5.60. The number of ether oxygens (including phenoxy) is 2. The van der Waals surface area contributed by atoms with Crippen molar-refractivity contribution < 1.29 is 14.3 Å². The highest BCUT2D eigenvalue weighted by atomic mass is 16.6. The normalized spacial score (nSPS) is 23.5.